The normalized spacial score (nSPS) is 13.0. The molecule has 1 unspecified atom stereocenters. The Labute approximate surface area is 139 Å². The lowest BCUT2D eigenvalue weighted by molar-refractivity contribution is -0.142. The molecular weight excluding hydrogens is 320 g/mol. The number of hydrogen-bond donors (Lipinski definition) is 5. The fourth-order valence-electron chi connectivity index (χ4n) is 1.96. The van der Waals surface area contributed by atoms with Crippen LogP contribution in [0.1, 0.15) is 12.0 Å². The number of carbonyl (C=O) groups is 3. The van der Waals surface area contributed by atoms with Gasteiger partial charge >= 0.3 is 5.97 Å². The van der Waals surface area contributed by atoms with Crippen molar-refractivity contribution >= 4 is 30.4 Å². The number of thiol groups is 1. The molecule has 0 heterocycles. The van der Waals surface area contributed by atoms with Gasteiger partial charge in [-0.15, -0.1) is 0 Å². The molecule has 1 rings (SSSR count). The lowest BCUT2D eigenvalue weighted by atomic mass is 10.1. The molecule has 0 fully saturated rings. The number of carboxylic acids is 1. The van der Waals surface area contributed by atoms with E-state index in [9.17, 15) is 19.5 Å². The number of aliphatic carboxylic acids is 1. The molecule has 8 heteroatoms. The first-order chi connectivity index (χ1) is 11.0. The molecule has 0 bridgehead atoms. The van der Waals surface area contributed by atoms with Crippen molar-refractivity contribution in [3.63, 3.8) is 0 Å². The molecule has 0 aliphatic heterocycles. The molecule has 23 heavy (non-hydrogen) atoms. The first kappa shape index (κ1) is 19.0. The zero-order valence-corrected chi connectivity index (χ0v) is 13.3. The van der Waals surface area contributed by atoms with E-state index in [1.807, 2.05) is 6.07 Å². The van der Waals surface area contributed by atoms with Crippen LogP contribution < -0.4 is 10.6 Å². The van der Waals surface area contributed by atoms with Crippen molar-refractivity contribution in [1.82, 2.24) is 10.6 Å². The minimum absolute atomic E-state index is 0.128. The summed E-state index contributed by atoms with van der Waals surface area (Å²) < 4.78 is 0. The number of nitrogens with one attached hydrogen (secondary N) is 2. The highest BCUT2D eigenvalue weighted by atomic mass is 32.1. The van der Waals surface area contributed by atoms with Gasteiger partial charge in [0.05, 0.1) is 0 Å². The van der Waals surface area contributed by atoms with Crippen LogP contribution in [0.3, 0.4) is 0 Å². The quantitative estimate of drug-likeness (QED) is 0.392. The van der Waals surface area contributed by atoms with Crippen molar-refractivity contribution in [3.05, 3.63) is 35.9 Å². The number of aliphatic hydroxyl groups excluding tert-OH is 1. The Morgan fingerprint density at radius 1 is 1.09 bits per heavy atom. The summed E-state index contributed by atoms with van der Waals surface area (Å²) in [5.74, 6) is -2.17. The Morgan fingerprint density at radius 2 is 1.74 bits per heavy atom. The fraction of sp³-hybridized carbons (Fsp3) is 0.400. The third-order valence-electron chi connectivity index (χ3n) is 3.11. The third kappa shape index (κ3) is 6.70. The Hall–Kier alpha value is -2.06. The highest BCUT2D eigenvalue weighted by molar-refractivity contribution is 7.80. The van der Waals surface area contributed by atoms with Crippen molar-refractivity contribution in [3.8, 4) is 0 Å². The summed E-state index contributed by atoms with van der Waals surface area (Å²) in [4.78, 5) is 34.8. The van der Waals surface area contributed by atoms with Crippen molar-refractivity contribution in [2.24, 2.45) is 0 Å². The van der Waals surface area contributed by atoms with Crippen LogP contribution in [0.25, 0.3) is 0 Å². The molecule has 126 valence electrons. The maximum atomic E-state index is 12.2. The average Bonchev–Trinajstić information content (AvgIpc) is 2.54. The summed E-state index contributed by atoms with van der Waals surface area (Å²) >= 11 is 4.01. The Balaban J connectivity index is 2.74. The second-order valence-electron chi connectivity index (χ2n) is 4.88. The van der Waals surface area contributed by atoms with Crippen molar-refractivity contribution in [2.75, 3.05) is 12.4 Å². The van der Waals surface area contributed by atoms with Gasteiger partial charge in [-0.25, -0.2) is 4.79 Å². The van der Waals surface area contributed by atoms with E-state index < -0.39 is 36.5 Å². The lowest BCUT2D eigenvalue weighted by Crippen LogP contribution is -2.52. The van der Waals surface area contributed by atoms with Gasteiger partial charge < -0.3 is 20.8 Å². The van der Waals surface area contributed by atoms with Gasteiger partial charge in [-0.2, -0.15) is 12.6 Å². The highest BCUT2D eigenvalue weighted by Gasteiger charge is 2.26. The zero-order chi connectivity index (χ0) is 17.2. The first-order valence-corrected chi connectivity index (χ1v) is 7.69. The van der Waals surface area contributed by atoms with Gasteiger partial charge in [-0.05, 0) is 17.7 Å². The van der Waals surface area contributed by atoms with Gasteiger partial charge in [-0.3, -0.25) is 9.59 Å². The van der Waals surface area contributed by atoms with Crippen LogP contribution in [0.15, 0.2) is 30.3 Å². The van der Waals surface area contributed by atoms with Crippen molar-refractivity contribution < 1.29 is 24.6 Å². The largest absolute Gasteiger partial charge is 0.480 e. The molecular formula is C15H20N2O5S. The van der Waals surface area contributed by atoms with E-state index in [-0.39, 0.29) is 12.8 Å². The average molecular weight is 340 g/mol. The van der Waals surface area contributed by atoms with Gasteiger partial charge in [0.25, 0.3) is 0 Å². The number of amides is 2. The van der Waals surface area contributed by atoms with Gasteiger partial charge in [0.2, 0.25) is 11.8 Å². The summed E-state index contributed by atoms with van der Waals surface area (Å²) in [5.41, 5.74) is 0.769. The molecule has 2 amide bonds. The predicted octanol–water partition coefficient (Wildman–Crippen LogP) is -0.404. The van der Waals surface area contributed by atoms with Crippen LogP contribution in [0.4, 0.5) is 0 Å². The van der Waals surface area contributed by atoms with Crippen molar-refractivity contribution in [1.29, 1.82) is 0 Å². The molecule has 4 N–H and O–H groups in total. The van der Waals surface area contributed by atoms with Gasteiger partial charge in [0.1, 0.15) is 18.7 Å². The van der Waals surface area contributed by atoms with Gasteiger partial charge in [-0.1, -0.05) is 30.3 Å². The predicted molar refractivity (Wildman–Crippen MR) is 87.2 cm³/mol. The molecule has 0 aliphatic carbocycles. The number of carboxylic acid groups (broad SMARTS) is 1. The number of benzene rings is 1. The van der Waals surface area contributed by atoms with Crippen LogP contribution in [0.2, 0.25) is 0 Å². The van der Waals surface area contributed by atoms with Crippen LogP contribution in [-0.4, -0.2) is 52.4 Å². The second kappa shape index (κ2) is 9.86. The smallest absolute Gasteiger partial charge is 0.326 e. The summed E-state index contributed by atoms with van der Waals surface area (Å²) in [7, 11) is 0. The Kier molecular flexibility index (Phi) is 8.14. The molecule has 0 radical (unpaired) electrons. The minimum atomic E-state index is -1.17. The highest BCUT2D eigenvalue weighted by Crippen LogP contribution is 2.05. The van der Waals surface area contributed by atoms with Crippen LogP contribution in [0, 0.1) is 0 Å². The molecule has 1 aromatic rings. The Morgan fingerprint density at radius 3 is 2.26 bits per heavy atom. The Bertz CT molecular complexity index is 538. The zero-order valence-electron chi connectivity index (χ0n) is 12.4. The SMILES string of the molecule is O=C(CO)NC(CCS)C(=O)N[C@H](Cc1ccccc1)C(=O)O. The molecule has 7 nitrogen and oxygen atoms in total. The molecule has 1 aromatic carbocycles. The summed E-state index contributed by atoms with van der Waals surface area (Å²) in [5, 5.41) is 22.8. The van der Waals surface area contributed by atoms with E-state index in [1.165, 1.54) is 0 Å². The van der Waals surface area contributed by atoms with Gasteiger partial charge in [0, 0.05) is 6.42 Å². The van der Waals surface area contributed by atoms with E-state index in [0.29, 0.717) is 5.75 Å². The summed E-state index contributed by atoms with van der Waals surface area (Å²) in [6, 6.07) is 6.85. The van der Waals surface area contributed by atoms with Gasteiger partial charge in [0.15, 0.2) is 0 Å². The number of hydrogen-bond acceptors (Lipinski definition) is 5. The number of rotatable bonds is 9. The second-order valence-corrected chi connectivity index (χ2v) is 5.33. The molecule has 2 atom stereocenters. The minimum Gasteiger partial charge on any atom is -0.480 e. The number of aliphatic hydroxyl groups is 1. The monoisotopic (exact) mass is 340 g/mol. The van der Waals surface area contributed by atoms with E-state index in [4.69, 9.17) is 5.11 Å². The molecule has 0 spiro atoms. The standard InChI is InChI=1S/C15H20N2O5S/c18-9-13(19)16-11(6-7-23)14(20)17-12(15(21)22)8-10-4-2-1-3-5-10/h1-5,11-12,18,23H,6-9H2,(H,16,19)(H,17,20)(H,21,22)/t11?,12-/m1/s1. The topological polar surface area (TPSA) is 116 Å². The maximum Gasteiger partial charge on any atom is 0.326 e. The molecule has 0 aromatic heterocycles. The van der Waals surface area contributed by atoms with Crippen molar-refractivity contribution in [2.45, 2.75) is 24.9 Å². The molecule has 0 saturated carbocycles. The van der Waals surface area contributed by atoms with E-state index in [2.05, 4.69) is 23.3 Å². The molecule has 0 saturated heterocycles. The maximum absolute atomic E-state index is 12.2. The van der Waals surface area contributed by atoms with Crippen LogP contribution in [-0.2, 0) is 20.8 Å². The van der Waals surface area contributed by atoms with Crippen LogP contribution >= 0.6 is 12.6 Å². The van der Waals surface area contributed by atoms with Crippen LogP contribution in [0.5, 0.6) is 0 Å². The first-order valence-electron chi connectivity index (χ1n) is 7.06. The van der Waals surface area contributed by atoms with E-state index in [1.54, 1.807) is 24.3 Å². The molecule has 0 aliphatic rings. The summed E-state index contributed by atoms with van der Waals surface area (Å²) in [6.45, 7) is -0.747. The summed E-state index contributed by atoms with van der Waals surface area (Å²) in [6.07, 6.45) is 0.349. The fourth-order valence-corrected chi connectivity index (χ4v) is 2.22. The lowest BCUT2D eigenvalue weighted by Gasteiger charge is -2.20. The van der Waals surface area contributed by atoms with E-state index >= 15 is 0 Å². The number of carbonyl (C=O) groups excluding carboxylic acids is 2. The third-order valence-corrected chi connectivity index (χ3v) is 3.37. The van der Waals surface area contributed by atoms with E-state index in [0.717, 1.165) is 5.56 Å².